The van der Waals surface area contributed by atoms with Gasteiger partial charge in [0.2, 0.25) is 11.8 Å². The summed E-state index contributed by atoms with van der Waals surface area (Å²) in [7, 11) is 0. The maximum absolute atomic E-state index is 12.2. The highest BCUT2D eigenvalue weighted by Crippen LogP contribution is 2.25. The van der Waals surface area contributed by atoms with Crippen molar-refractivity contribution in [3.8, 4) is 0 Å². The van der Waals surface area contributed by atoms with Crippen molar-refractivity contribution in [1.29, 1.82) is 0 Å². The first kappa shape index (κ1) is 15.3. The van der Waals surface area contributed by atoms with Crippen molar-refractivity contribution >= 4 is 11.8 Å². The number of carbonyl (C=O) groups is 2. The molecule has 4 heteroatoms. The Hall–Kier alpha value is -1.06. The minimum atomic E-state index is -0.000921. The molecule has 0 bridgehead atoms. The molecule has 4 nitrogen and oxygen atoms in total. The molecule has 0 aromatic heterocycles. The number of piperidine rings is 1. The summed E-state index contributed by atoms with van der Waals surface area (Å²) in [5, 5.41) is 3.08. The van der Waals surface area contributed by atoms with E-state index in [0.29, 0.717) is 6.54 Å². The molecule has 1 saturated heterocycles. The second kappa shape index (κ2) is 7.65. The maximum atomic E-state index is 12.2. The van der Waals surface area contributed by atoms with Gasteiger partial charge in [-0.1, -0.05) is 32.1 Å². The first-order chi connectivity index (χ1) is 9.66. The lowest BCUT2D eigenvalue weighted by atomic mass is 9.87. The summed E-state index contributed by atoms with van der Waals surface area (Å²) >= 11 is 0. The van der Waals surface area contributed by atoms with E-state index in [4.69, 9.17) is 0 Å². The van der Waals surface area contributed by atoms with E-state index in [0.717, 1.165) is 38.3 Å². The molecule has 1 heterocycles. The van der Waals surface area contributed by atoms with E-state index < -0.39 is 0 Å². The molecule has 2 aliphatic rings. The summed E-state index contributed by atoms with van der Waals surface area (Å²) in [6.45, 7) is 3.80. The Morgan fingerprint density at radius 3 is 2.55 bits per heavy atom. The number of amides is 2. The Morgan fingerprint density at radius 2 is 1.85 bits per heavy atom. The van der Waals surface area contributed by atoms with Gasteiger partial charge in [0.15, 0.2) is 0 Å². The predicted octanol–water partition coefficient (Wildman–Crippen LogP) is 2.33. The van der Waals surface area contributed by atoms with Crippen LogP contribution in [0.1, 0.15) is 58.3 Å². The molecule has 20 heavy (non-hydrogen) atoms. The zero-order valence-electron chi connectivity index (χ0n) is 12.7. The molecule has 1 N–H and O–H groups in total. The van der Waals surface area contributed by atoms with E-state index in [1.165, 1.54) is 32.1 Å². The third-order valence-electron chi connectivity index (χ3n) is 4.81. The normalized spacial score (nSPS) is 24.4. The summed E-state index contributed by atoms with van der Waals surface area (Å²) < 4.78 is 0. The van der Waals surface area contributed by atoms with E-state index in [-0.39, 0.29) is 17.7 Å². The first-order valence-electron chi connectivity index (χ1n) is 8.20. The van der Waals surface area contributed by atoms with Gasteiger partial charge in [0.25, 0.3) is 0 Å². The Labute approximate surface area is 122 Å². The summed E-state index contributed by atoms with van der Waals surface area (Å²) in [5.41, 5.74) is 0. The molecule has 0 spiro atoms. The predicted molar refractivity (Wildman–Crippen MR) is 79.2 cm³/mol. The zero-order valence-corrected chi connectivity index (χ0v) is 12.7. The molecule has 2 rings (SSSR count). The molecule has 0 unspecified atom stereocenters. The fourth-order valence-corrected chi connectivity index (χ4v) is 3.50. The van der Waals surface area contributed by atoms with E-state index in [9.17, 15) is 9.59 Å². The van der Waals surface area contributed by atoms with E-state index in [1.807, 2.05) is 0 Å². The van der Waals surface area contributed by atoms with Gasteiger partial charge < -0.3 is 10.2 Å². The molecular formula is C16H28N2O2. The van der Waals surface area contributed by atoms with Crippen molar-refractivity contribution in [3.63, 3.8) is 0 Å². The van der Waals surface area contributed by atoms with Gasteiger partial charge >= 0.3 is 0 Å². The van der Waals surface area contributed by atoms with Crippen LogP contribution in [0.15, 0.2) is 0 Å². The minimum Gasteiger partial charge on any atom is -0.356 e. The Morgan fingerprint density at radius 1 is 1.10 bits per heavy atom. The van der Waals surface area contributed by atoms with Gasteiger partial charge in [-0.05, 0) is 25.2 Å². The number of nitrogens with zero attached hydrogens (tertiary/aromatic N) is 1. The highest BCUT2D eigenvalue weighted by Gasteiger charge is 2.26. The standard InChI is InChI=1S/C16H28N2O2/c1-13(19)18-11-5-8-15(12-18)16(20)17-10-9-14-6-3-2-4-7-14/h14-15H,2-12H2,1H3,(H,17,20)/t15-/m1/s1. The zero-order chi connectivity index (χ0) is 14.4. The Kier molecular flexibility index (Phi) is 5.86. The molecule has 114 valence electrons. The topological polar surface area (TPSA) is 49.4 Å². The molecule has 0 aromatic carbocycles. The Bertz CT molecular complexity index is 337. The van der Waals surface area contributed by atoms with Gasteiger partial charge in [0, 0.05) is 26.6 Å². The Balaban J connectivity index is 1.67. The van der Waals surface area contributed by atoms with Crippen LogP contribution in [-0.2, 0) is 9.59 Å². The molecule has 0 radical (unpaired) electrons. The molecule has 0 aromatic rings. The number of hydrogen-bond donors (Lipinski definition) is 1. The molecule has 1 atom stereocenters. The van der Waals surface area contributed by atoms with E-state index in [1.54, 1.807) is 11.8 Å². The number of carbonyl (C=O) groups excluding carboxylic acids is 2. The summed E-state index contributed by atoms with van der Waals surface area (Å²) in [4.78, 5) is 25.3. The highest BCUT2D eigenvalue weighted by atomic mass is 16.2. The van der Waals surface area contributed by atoms with Crippen LogP contribution >= 0.6 is 0 Å². The van der Waals surface area contributed by atoms with Crippen molar-refractivity contribution in [2.24, 2.45) is 11.8 Å². The van der Waals surface area contributed by atoms with Crippen LogP contribution in [-0.4, -0.2) is 36.3 Å². The quantitative estimate of drug-likeness (QED) is 0.859. The molecular weight excluding hydrogens is 252 g/mol. The molecule has 2 amide bonds. The highest BCUT2D eigenvalue weighted by molar-refractivity contribution is 5.80. The molecule has 2 fully saturated rings. The van der Waals surface area contributed by atoms with E-state index >= 15 is 0 Å². The minimum absolute atomic E-state index is 0.000921. The largest absolute Gasteiger partial charge is 0.356 e. The SMILES string of the molecule is CC(=O)N1CCC[C@@H](C(=O)NCCC2CCCCC2)C1. The lowest BCUT2D eigenvalue weighted by Gasteiger charge is -2.31. The second-order valence-corrected chi connectivity index (χ2v) is 6.39. The summed E-state index contributed by atoms with van der Waals surface area (Å²) in [6, 6.07) is 0. The smallest absolute Gasteiger partial charge is 0.224 e. The first-order valence-corrected chi connectivity index (χ1v) is 8.20. The van der Waals surface area contributed by atoms with Crippen molar-refractivity contribution in [1.82, 2.24) is 10.2 Å². The van der Waals surface area contributed by atoms with Gasteiger partial charge in [-0.3, -0.25) is 9.59 Å². The van der Waals surface area contributed by atoms with Crippen LogP contribution in [0, 0.1) is 11.8 Å². The average Bonchev–Trinajstić information content (AvgIpc) is 2.48. The number of nitrogens with one attached hydrogen (secondary N) is 1. The van der Waals surface area contributed by atoms with Crippen LogP contribution in [0.3, 0.4) is 0 Å². The van der Waals surface area contributed by atoms with Crippen molar-refractivity contribution < 1.29 is 9.59 Å². The monoisotopic (exact) mass is 280 g/mol. The lowest BCUT2D eigenvalue weighted by molar-refractivity contribution is -0.133. The fraction of sp³-hybridized carbons (Fsp3) is 0.875. The van der Waals surface area contributed by atoms with Gasteiger partial charge in [0.1, 0.15) is 0 Å². The third-order valence-corrected chi connectivity index (χ3v) is 4.81. The van der Waals surface area contributed by atoms with Gasteiger partial charge in [-0.25, -0.2) is 0 Å². The van der Waals surface area contributed by atoms with Crippen molar-refractivity contribution in [2.45, 2.75) is 58.3 Å². The van der Waals surface area contributed by atoms with Crippen LogP contribution in [0.5, 0.6) is 0 Å². The number of likely N-dealkylation sites (tertiary alicyclic amines) is 1. The number of rotatable bonds is 4. The van der Waals surface area contributed by atoms with E-state index in [2.05, 4.69) is 5.32 Å². The van der Waals surface area contributed by atoms with Crippen molar-refractivity contribution in [2.75, 3.05) is 19.6 Å². The van der Waals surface area contributed by atoms with Crippen LogP contribution in [0.2, 0.25) is 0 Å². The second-order valence-electron chi connectivity index (χ2n) is 6.39. The van der Waals surface area contributed by atoms with Gasteiger partial charge in [0.05, 0.1) is 5.92 Å². The summed E-state index contributed by atoms with van der Waals surface area (Å²) in [5.74, 6) is 1.04. The maximum Gasteiger partial charge on any atom is 0.224 e. The van der Waals surface area contributed by atoms with Crippen LogP contribution in [0.4, 0.5) is 0 Å². The third kappa shape index (κ3) is 4.50. The van der Waals surface area contributed by atoms with Gasteiger partial charge in [-0.15, -0.1) is 0 Å². The molecule has 1 aliphatic heterocycles. The average molecular weight is 280 g/mol. The lowest BCUT2D eigenvalue weighted by Crippen LogP contribution is -2.45. The van der Waals surface area contributed by atoms with Crippen LogP contribution in [0.25, 0.3) is 0 Å². The summed E-state index contributed by atoms with van der Waals surface area (Å²) in [6.07, 6.45) is 9.73. The fourth-order valence-electron chi connectivity index (χ4n) is 3.50. The van der Waals surface area contributed by atoms with Gasteiger partial charge in [-0.2, -0.15) is 0 Å². The molecule has 1 saturated carbocycles. The number of hydrogen-bond acceptors (Lipinski definition) is 2. The van der Waals surface area contributed by atoms with Crippen molar-refractivity contribution in [3.05, 3.63) is 0 Å². The molecule has 1 aliphatic carbocycles. The van der Waals surface area contributed by atoms with Crippen LogP contribution < -0.4 is 5.32 Å².